The summed E-state index contributed by atoms with van der Waals surface area (Å²) in [4.78, 5) is 2.27. The first-order chi connectivity index (χ1) is 18.8. The number of anilines is 2. The number of nitrogens with zero attached hydrogens (tertiary/aromatic N) is 1. The van der Waals surface area contributed by atoms with Crippen LogP contribution < -0.4 is 4.90 Å². The van der Waals surface area contributed by atoms with Crippen molar-refractivity contribution in [2.45, 2.75) is 0 Å². The van der Waals surface area contributed by atoms with Crippen LogP contribution in [0.3, 0.4) is 0 Å². The molecule has 0 aliphatic rings. The summed E-state index contributed by atoms with van der Waals surface area (Å²) in [6.45, 7) is 0. The number of hydrogen-bond donors (Lipinski definition) is 0. The summed E-state index contributed by atoms with van der Waals surface area (Å²) in [5.74, 6) is 0. The molecule has 6 aromatic rings. The van der Waals surface area contributed by atoms with E-state index in [9.17, 15) is 0 Å². The topological polar surface area (TPSA) is 3.24 Å². The van der Waals surface area contributed by atoms with Crippen molar-refractivity contribution in [1.29, 1.82) is 0 Å². The van der Waals surface area contributed by atoms with Crippen LogP contribution in [0.5, 0.6) is 0 Å². The van der Waals surface area contributed by atoms with Gasteiger partial charge in [0.15, 0.2) is 0 Å². The zero-order valence-electron chi connectivity index (χ0n) is 21.5. The fourth-order valence-electron chi connectivity index (χ4n) is 5.01. The van der Waals surface area contributed by atoms with Crippen LogP contribution in [0.2, 0.25) is 0 Å². The molecule has 0 aromatic heterocycles. The molecule has 6 aromatic carbocycles. The Balaban J connectivity index is 1.26. The van der Waals surface area contributed by atoms with Gasteiger partial charge in [-0.05, 0) is 63.2 Å². The smallest absolute Gasteiger partial charge is 0.0487 e. The van der Waals surface area contributed by atoms with Crippen molar-refractivity contribution in [2.24, 2.45) is 0 Å². The Bertz CT molecular complexity index is 1630. The Morgan fingerprint density at radius 3 is 1.37 bits per heavy atom. The van der Waals surface area contributed by atoms with E-state index in [-0.39, 0.29) is 0 Å². The standard InChI is InChI=1S/C37H29N/c1-38(35-25-23-32(24-26-35)31-21-19-30(20-22-31)28-11-4-2-5-12-28)37-18-9-8-17-36(37)34-16-10-15-33(27-34)29-13-6-3-7-14-29/h2-27H,1H3. The lowest BCUT2D eigenvalue weighted by Crippen LogP contribution is -2.10. The second-order valence-electron chi connectivity index (χ2n) is 9.51. The first kappa shape index (κ1) is 23.5. The van der Waals surface area contributed by atoms with Crippen LogP contribution in [0.1, 0.15) is 0 Å². The predicted octanol–water partition coefficient (Wildman–Crippen LogP) is 10.1. The molecule has 0 amide bonds. The van der Waals surface area contributed by atoms with E-state index in [1.807, 2.05) is 0 Å². The van der Waals surface area contributed by atoms with E-state index < -0.39 is 0 Å². The molecule has 1 nitrogen and oxygen atoms in total. The van der Waals surface area contributed by atoms with Gasteiger partial charge in [-0.2, -0.15) is 0 Å². The minimum absolute atomic E-state index is 1.15. The van der Waals surface area contributed by atoms with Crippen molar-refractivity contribution in [1.82, 2.24) is 0 Å². The van der Waals surface area contributed by atoms with Crippen LogP contribution in [0.25, 0.3) is 44.5 Å². The van der Waals surface area contributed by atoms with E-state index in [4.69, 9.17) is 0 Å². The molecular weight excluding hydrogens is 458 g/mol. The van der Waals surface area contributed by atoms with Crippen LogP contribution >= 0.6 is 0 Å². The minimum Gasteiger partial charge on any atom is -0.344 e. The highest BCUT2D eigenvalue weighted by Gasteiger charge is 2.12. The van der Waals surface area contributed by atoms with Gasteiger partial charge in [-0.25, -0.2) is 0 Å². The van der Waals surface area contributed by atoms with Crippen molar-refractivity contribution >= 4 is 11.4 Å². The van der Waals surface area contributed by atoms with E-state index >= 15 is 0 Å². The van der Waals surface area contributed by atoms with E-state index in [0.29, 0.717) is 0 Å². The third-order valence-electron chi connectivity index (χ3n) is 7.13. The second kappa shape index (κ2) is 10.6. The molecule has 0 aliphatic heterocycles. The van der Waals surface area contributed by atoms with Gasteiger partial charge in [-0.3, -0.25) is 0 Å². The maximum Gasteiger partial charge on any atom is 0.0487 e. The first-order valence-electron chi connectivity index (χ1n) is 13.0. The van der Waals surface area contributed by atoms with E-state index in [2.05, 4.69) is 170 Å². The quantitative estimate of drug-likeness (QED) is 0.226. The maximum absolute atomic E-state index is 2.28. The van der Waals surface area contributed by atoms with Gasteiger partial charge in [0.2, 0.25) is 0 Å². The van der Waals surface area contributed by atoms with E-state index in [0.717, 1.165) is 5.69 Å². The van der Waals surface area contributed by atoms with Crippen molar-refractivity contribution in [2.75, 3.05) is 11.9 Å². The largest absolute Gasteiger partial charge is 0.344 e. The van der Waals surface area contributed by atoms with Gasteiger partial charge in [0, 0.05) is 24.0 Å². The number of hydrogen-bond acceptors (Lipinski definition) is 1. The molecule has 0 heterocycles. The molecule has 0 saturated heterocycles. The highest BCUT2D eigenvalue weighted by Crippen LogP contribution is 2.36. The van der Waals surface area contributed by atoms with Crippen LogP contribution in [0.15, 0.2) is 158 Å². The Kier molecular flexibility index (Phi) is 6.57. The fraction of sp³-hybridized carbons (Fsp3) is 0.0270. The van der Waals surface area contributed by atoms with Crippen LogP contribution in [0, 0.1) is 0 Å². The number of benzene rings is 6. The Hall–Kier alpha value is -4.88. The molecule has 0 bridgehead atoms. The lowest BCUT2D eigenvalue weighted by molar-refractivity contribution is 1.21. The average molecular weight is 488 g/mol. The Morgan fingerprint density at radius 2 is 0.763 bits per heavy atom. The summed E-state index contributed by atoms with van der Waals surface area (Å²) in [7, 11) is 2.14. The Morgan fingerprint density at radius 1 is 0.342 bits per heavy atom. The van der Waals surface area contributed by atoms with Crippen molar-refractivity contribution in [3.63, 3.8) is 0 Å². The summed E-state index contributed by atoms with van der Waals surface area (Å²) >= 11 is 0. The van der Waals surface area contributed by atoms with Gasteiger partial charge in [-0.15, -0.1) is 0 Å². The maximum atomic E-state index is 2.28. The lowest BCUT2D eigenvalue weighted by Gasteiger charge is -2.23. The molecule has 0 spiro atoms. The third-order valence-corrected chi connectivity index (χ3v) is 7.13. The highest BCUT2D eigenvalue weighted by molar-refractivity contribution is 5.84. The molecule has 6 rings (SSSR count). The molecule has 0 radical (unpaired) electrons. The van der Waals surface area contributed by atoms with Crippen LogP contribution in [-0.2, 0) is 0 Å². The number of para-hydroxylation sites is 1. The third kappa shape index (κ3) is 4.87. The lowest BCUT2D eigenvalue weighted by atomic mass is 9.97. The van der Waals surface area contributed by atoms with E-state index in [1.165, 1.54) is 50.2 Å². The van der Waals surface area contributed by atoms with Crippen molar-refractivity contribution in [3.05, 3.63) is 158 Å². The minimum atomic E-state index is 1.15. The van der Waals surface area contributed by atoms with Crippen molar-refractivity contribution in [3.8, 4) is 44.5 Å². The van der Waals surface area contributed by atoms with Gasteiger partial charge < -0.3 is 4.90 Å². The zero-order valence-corrected chi connectivity index (χ0v) is 21.5. The molecule has 0 unspecified atom stereocenters. The molecule has 0 N–H and O–H groups in total. The summed E-state index contributed by atoms with van der Waals surface area (Å²) in [6.07, 6.45) is 0. The Labute approximate surface area is 225 Å². The summed E-state index contributed by atoms with van der Waals surface area (Å²) in [6, 6.07) is 56.1. The number of rotatable bonds is 6. The molecule has 0 saturated carbocycles. The summed E-state index contributed by atoms with van der Waals surface area (Å²) in [5, 5.41) is 0. The van der Waals surface area contributed by atoms with Gasteiger partial charge >= 0.3 is 0 Å². The predicted molar refractivity (Wildman–Crippen MR) is 163 cm³/mol. The fourth-order valence-corrected chi connectivity index (χ4v) is 5.01. The molecule has 38 heavy (non-hydrogen) atoms. The normalized spacial score (nSPS) is 10.8. The molecule has 182 valence electrons. The van der Waals surface area contributed by atoms with E-state index in [1.54, 1.807) is 0 Å². The molecule has 0 fully saturated rings. The van der Waals surface area contributed by atoms with Gasteiger partial charge in [-0.1, -0.05) is 133 Å². The van der Waals surface area contributed by atoms with Crippen molar-refractivity contribution < 1.29 is 0 Å². The SMILES string of the molecule is CN(c1ccc(-c2ccc(-c3ccccc3)cc2)cc1)c1ccccc1-c1cccc(-c2ccccc2)c1. The highest BCUT2D eigenvalue weighted by atomic mass is 15.1. The first-order valence-corrected chi connectivity index (χ1v) is 13.0. The molecule has 1 heteroatoms. The second-order valence-corrected chi connectivity index (χ2v) is 9.51. The zero-order chi connectivity index (χ0) is 25.7. The monoisotopic (exact) mass is 487 g/mol. The average Bonchev–Trinajstić information content (AvgIpc) is 3.02. The molecular formula is C37H29N. The van der Waals surface area contributed by atoms with Gasteiger partial charge in [0.1, 0.15) is 0 Å². The molecule has 0 atom stereocenters. The van der Waals surface area contributed by atoms with Gasteiger partial charge in [0.25, 0.3) is 0 Å². The van der Waals surface area contributed by atoms with Crippen LogP contribution in [0.4, 0.5) is 11.4 Å². The molecule has 0 aliphatic carbocycles. The van der Waals surface area contributed by atoms with Crippen LogP contribution in [-0.4, -0.2) is 7.05 Å². The summed E-state index contributed by atoms with van der Waals surface area (Å²) < 4.78 is 0. The van der Waals surface area contributed by atoms with Gasteiger partial charge in [0.05, 0.1) is 0 Å². The summed E-state index contributed by atoms with van der Waals surface area (Å²) in [5.41, 5.74) is 12.1.